The predicted molar refractivity (Wildman–Crippen MR) is 91.3 cm³/mol. The third kappa shape index (κ3) is 3.00. The van der Waals surface area contributed by atoms with Gasteiger partial charge in [-0.15, -0.1) is 0 Å². The molecule has 0 atom stereocenters. The highest BCUT2D eigenvalue weighted by Gasteiger charge is 2.22. The fourth-order valence-electron chi connectivity index (χ4n) is 3.08. The summed E-state index contributed by atoms with van der Waals surface area (Å²) >= 11 is 0. The summed E-state index contributed by atoms with van der Waals surface area (Å²) in [5.41, 5.74) is 5.72. The van der Waals surface area contributed by atoms with Crippen LogP contribution in [0, 0.1) is 0 Å². The molecule has 0 heterocycles. The quantitative estimate of drug-likeness (QED) is 0.639. The van der Waals surface area contributed by atoms with Crippen molar-refractivity contribution in [2.45, 2.75) is 32.1 Å². The molecule has 0 saturated carbocycles. The second-order valence-electron chi connectivity index (χ2n) is 6.38. The first-order valence-electron chi connectivity index (χ1n) is 7.67. The van der Waals surface area contributed by atoms with Crippen LogP contribution in [-0.2, 0) is 11.8 Å². The van der Waals surface area contributed by atoms with E-state index in [0.29, 0.717) is 0 Å². The van der Waals surface area contributed by atoms with Crippen LogP contribution in [0.15, 0.2) is 72.8 Å². The highest BCUT2D eigenvalue weighted by atomic mass is 14.3. The Bertz CT molecular complexity index is 672. The van der Waals surface area contributed by atoms with Crippen molar-refractivity contribution in [2.24, 2.45) is 0 Å². The van der Waals surface area contributed by atoms with Gasteiger partial charge in [0, 0.05) is 0 Å². The molecule has 0 saturated heterocycles. The summed E-state index contributed by atoms with van der Waals surface area (Å²) in [4.78, 5) is 0. The average molecular weight is 274 g/mol. The lowest BCUT2D eigenvalue weighted by molar-refractivity contribution is 0.530. The van der Waals surface area contributed by atoms with Gasteiger partial charge < -0.3 is 0 Å². The first-order chi connectivity index (χ1) is 10.2. The standard InChI is InChI=1S/C21H22/c1-21(2)16-8-12-18(17-9-4-3-5-10-17)14-15-19-11-6-7-13-20(19)21/h3-14H,15-16H2,1-2H3/b12-8-,18-14+. The topological polar surface area (TPSA) is 0 Å². The Labute approximate surface area is 127 Å². The molecule has 0 heteroatoms. The molecule has 0 fully saturated rings. The molecule has 106 valence electrons. The van der Waals surface area contributed by atoms with E-state index < -0.39 is 0 Å². The van der Waals surface area contributed by atoms with Crippen LogP contribution in [0.4, 0.5) is 0 Å². The van der Waals surface area contributed by atoms with Crippen molar-refractivity contribution >= 4 is 5.57 Å². The minimum atomic E-state index is 0.188. The van der Waals surface area contributed by atoms with Crippen LogP contribution in [0.1, 0.15) is 37.0 Å². The maximum Gasteiger partial charge on any atom is -0.00662 e. The van der Waals surface area contributed by atoms with E-state index in [1.807, 2.05) is 0 Å². The molecule has 1 aliphatic carbocycles. The molecule has 2 aromatic carbocycles. The van der Waals surface area contributed by atoms with Gasteiger partial charge in [-0.1, -0.05) is 86.7 Å². The van der Waals surface area contributed by atoms with Gasteiger partial charge in [0.2, 0.25) is 0 Å². The Morgan fingerprint density at radius 2 is 1.57 bits per heavy atom. The molecule has 0 aliphatic heterocycles. The largest absolute Gasteiger partial charge is 0.0831 e. The zero-order valence-electron chi connectivity index (χ0n) is 12.8. The van der Waals surface area contributed by atoms with Crippen LogP contribution in [-0.4, -0.2) is 0 Å². The average Bonchev–Trinajstić information content (AvgIpc) is 2.57. The summed E-state index contributed by atoms with van der Waals surface area (Å²) < 4.78 is 0. The maximum absolute atomic E-state index is 2.35. The zero-order chi connectivity index (χ0) is 14.7. The fraction of sp³-hybridized carbons (Fsp3) is 0.238. The Morgan fingerprint density at radius 1 is 0.857 bits per heavy atom. The molecular weight excluding hydrogens is 252 g/mol. The van der Waals surface area contributed by atoms with Crippen molar-refractivity contribution in [1.29, 1.82) is 0 Å². The summed E-state index contributed by atoms with van der Waals surface area (Å²) in [6, 6.07) is 19.5. The van der Waals surface area contributed by atoms with Crippen LogP contribution in [0.3, 0.4) is 0 Å². The van der Waals surface area contributed by atoms with Gasteiger partial charge >= 0.3 is 0 Å². The van der Waals surface area contributed by atoms with Gasteiger partial charge in [0.1, 0.15) is 0 Å². The van der Waals surface area contributed by atoms with Gasteiger partial charge in [0.25, 0.3) is 0 Å². The third-order valence-corrected chi connectivity index (χ3v) is 4.32. The predicted octanol–water partition coefficient (Wildman–Crippen LogP) is 5.55. The molecule has 0 N–H and O–H groups in total. The van der Waals surface area contributed by atoms with Gasteiger partial charge in [-0.2, -0.15) is 0 Å². The van der Waals surface area contributed by atoms with Crippen LogP contribution < -0.4 is 0 Å². The van der Waals surface area contributed by atoms with Crippen LogP contribution >= 0.6 is 0 Å². The molecule has 1 aliphatic rings. The van der Waals surface area contributed by atoms with E-state index in [-0.39, 0.29) is 5.41 Å². The Kier molecular flexibility index (Phi) is 3.79. The van der Waals surface area contributed by atoms with Gasteiger partial charge in [-0.25, -0.2) is 0 Å². The van der Waals surface area contributed by atoms with E-state index in [0.717, 1.165) is 12.8 Å². The van der Waals surface area contributed by atoms with Crippen molar-refractivity contribution in [2.75, 3.05) is 0 Å². The number of rotatable bonds is 1. The molecule has 0 aromatic heterocycles. The van der Waals surface area contributed by atoms with Crippen molar-refractivity contribution in [3.05, 3.63) is 89.5 Å². The molecule has 0 unspecified atom stereocenters. The van der Waals surface area contributed by atoms with Crippen molar-refractivity contribution in [3.63, 3.8) is 0 Å². The molecule has 21 heavy (non-hydrogen) atoms. The minimum absolute atomic E-state index is 0.188. The second kappa shape index (κ2) is 5.73. The summed E-state index contributed by atoms with van der Waals surface area (Å²) in [6.45, 7) is 4.67. The highest BCUT2D eigenvalue weighted by molar-refractivity contribution is 5.74. The smallest absolute Gasteiger partial charge is 0.00662 e. The second-order valence-corrected chi connectivity index (χ2v) is 6.38. The number of fused-ring (bicyclic) bond motifs is 1. The Hall–Kier alpha value is -2.08. The molecule has 0 radical (unpaired) electrons. The van der Waals surface area contributed by atoms with Crippen LogP contribution in [0.25, 0.3) is 5.57 Å². The van der Waals surface area contributed by atoms with Crippen molar-refractivity contribution < 1.29 is 0 Å². The van der Waals surface area contributed by atoms with E-state index in [1.54, 1.807) is 0 Å². The summed E-state index contributed by atoms with van der Waals surface area (Å²) in [5.74, 6) is 0. The molecule has 0 amide bonds. The van der Waals surface area contributed by atoms with E-state index in [2.05, 4.69) is 86.7 Å². The SMILES string of the molecule is CC1(C)C/C=C\C(c2ccccc2)=C/Cc2ccccc21. The molecule has 0 spiro atoms. The first-order valence-corrected chi connectivity index (χ1v) is 7.67. The number of allylic oxidation sites excluding steroid dienone is 4. The first kappa shape index (κ1) is 13.9. The molecule has 0 nitrogen and oxygen atoms in total. The van der Waals surface area contributed by atoms with Crippen LogP contribution in [0.5, 0.6) is 0 Å². The van der Waals surface area contributed by atoms with Crippen molar-refractivity contribution in [3.8, 4) is 0 Å². The Morgan fingerprint density at radius 3 is 2.38 bits per heavy atom. The Balaban J connectivity index is 2.04. The van der Waals surface area contributed by atoms with Gasteiger partial charge in [-0.3, -0.25) is 0 Å². The minimum Gasteiger partial charge on any atom is -0.0831 e. The molecule has 2 aromatic rings. The molecule has 3 rings (SSSR count). The van der Waals surface area contributed by atoms with E-state index >= 15 is 0 Å². The number of benzene rings is 2. The fourth-order valence-corrected chi connectivity index (χ4v) is 3.08. The highest BCUT2D eigenvalue weighted by Crippen LogP contribution is 2.33. The number of hydrogen-bond donors (Lipinski definition) is 0. The monoisotopic (exact) mass is 274 g/mol. The van der Waals surface area contributed by atoms with E-state index in [1.165, 1.54) is 22.3 Å². The lowest BCUT2D eigenvalue weighted by Crippen LogP contribution is -2.18. The zero-order valence-corrected chi connectivity index (χ0v) is 12.8. The van der Waals surface area contributed by atoms with Crippen LogP contribution in [0.2, 0.25) is 0 Å². The van der Waals surface area contributed by atoms with Gasteiger partial charge in [0.15, 0.2) is 0 Å². The lowest BCUT2D eigenvalue weighted by atomic mass is 9.79. The summed E-state index contributed by atoms with van der Waals surface area (Å²) in [5, 5.41) is 0. The number of hydrogen-bond acceptors (Lipinski definition) is 0. The normalized spacial score (nSPS) is 21.1. The van der Waals surface area contributed by atoms with E-state index in [9.17, 15) is 0 Å². The third-order valence-electron chi connectivity index (χ3n) is 4.32. The molecule has 0 bridgehead atoms. The summed E-state index contributed by atoms with van der Waals surface area (Å²) in [7, 11) is 0. The van der Waals surface area contributed by atoms with E-state index in [4.69, 9.17) is 0 Å². The van der Waals surface area contributed by atoms with Gasteiger partial charge in [0.05, 0.1) is 0 Å². The van der Waals surface area contributed by atoms with Crippen molar-refractivity contribution in [1.82, 2.24) is 0 Å². The van der Waals surface area contributed by atoms with Gasteiger partial charge in [-0.05, 0) is 40.5 Å². The lowest BCUT2D eigenvalue weighted by Gasteiger charge is -2.26. The molecular formula is C21H22. The summed E-state index contributed by atoms with van der Waals surface area (Å²) in [6.07, 6.45) is 9.01. The maximum atomic E-state index is 2.35.